The van der Waals surface area contributed by atoms with E-state index in [9.17, 15) is 4.79 Å². The molecule has 0 fully saturated rings. The molecule has 28 heavy (non-hydrogen) atoms. The Hall–Kier alpha value is -3.45. The Kier molecular flexibility index (Phi) is 4.67. The van der Waals surface area contributed by atoms with E-state index in [0.717, 1.165) is 10.9 Å². The Labute approximate surface area is 165 Å². The minimum absolute atomic E-state index is 0.293. The highest BCUT2D eigenvalue weighted by Crippen LogP contribution is 2.26. The summed E-state index contributed by atoms with van der Waals surface area (Å²) in [7, 11) is 1.60. The molecule has 4 aromatic rings. The molecule has 4 rings (SSSR count). The van der Waals surface area contributed by atoms with Crippen molar-refractivity contribution in [1.82, 2.24) is 19.7 Å². The number of benzene rings is 2. The van der Waals surface area contributed by atoms with Gasteiger partial charge < -0.3 is 10.1 Å². The Bertz CT molecular complexity index is 1170. The van der Waals surface area contributed by atoms with Gasteiger partial charge in [0.05, 0.1) is 35.3 Å². The predicted molar refractivity (Wildman–Crippen MR) is 107 cm³/mol. The minimum atomic E-state index is -0.293. The number of hydrogen-bond acceptors (Lipinski definition) is 5. The highest BCUT2D eigenvalue weighted by atomic mass is 35.5. The van der Waals surface area contributed by atoms with E-state index >= 15 is 0 Å². The van der Waals surface area contributed by atoms with Gasteiger partial charge >= 0.3 is 0 Å². The summed E-state index contributed by atoms with van der Waals surface area (Å²) < 4.78 is 6.82. The molecular formula is C20H16ClN5O2. The summed E-state index contributed by atoms with van der Waals surface area (Å²) in [6, 6.07) is 12.5. The zero-order chi connectivity index (χ0) is 19.7. The number of amides is 1. The van der Waals surface area contributed by atoms with E-state index in [2.05, 4.69) is 20.4 Å². The van der Waals surface area contributed by atoms with Crippen molar-refractivity contribution >= 4 is 34.1 Å². The summed E-state index contributed by atoms with van der Waals surface area (Å²) >= 11 is 6.13. The monoisotopic (exact) mass is 393 g/mol. The van der Waals surface area contributed by atoms with Crippen LogP contribution >= 0.6 is 11.6 Å². The van der Waals surface area contributed by atoms with Crippen LogP contribution < -0.4 is 10.1 Å². The van der Waals surface area contributed by atoms with Crippen LogP contribution in [0.25, 0.3) is 16.6 Å². The number of hydrogen-bond donors (Lipinski definition) is 1. The summed E-state index contributed by atoms with van der Waals surface area (Å²) in [5.74, 6) is 0.408. The largest absolute Gasteiger partial charge is 0.497 e. The van der Waals surface area contributed by atoms with Crippen LogP contribution in [0, 0.1) is 6.92 Å². The number of aryl methyl sites for hydroxylation is 1. The molecule has 0 atom stereocenters. The third kappa shape index (κ3) is 3.39. The fraction of sp³-hybridized carbons (Fsp3) is 0.100. The van der Waals surface area contributed by atoms with Crippen LogP contribution in [0.1, 0.15) is 16.1 Å². The predicted octanol–water partition coefficient (Wildman–Crippen LogP) is 4.04. The number of nitrogens with one attached hydrogen (secondary N) is 1. The van der Waals surface area contributed by atoms with Crippen LogP contribution in [-0.2, 0) is 0 Å². The molecule has 140 valence electrons. The van der Waals surface area contributed by atoms with Crippen molar-refractivity contribution in [2.45, 2.75) is 6.92 Å². The molecule has 0 bridgehead atoms. The Morgan fingerprint density at radius 3 is 2.79 bits per heavy atom. The lowest BCUT2D eigenvalue weighted by Crippen LogP contribution is -2.16. The molecule has 0 radical (unpaired) electrons. The molecule has 1 amide bonds. The van der Waals surface area contributed by atoms with Crippen molar-refractivity contribution in [2.75, 3.05) is 12.4 Å². The molecule has 0 aliphatic carbocycles. The van der Waals surface area contributed by atoms with E-state index in [4.69, 9.17) is 16.3 Å². The first-order valence-electron chi connectivity index (χ1n) is 8.46. The molecule has 0 aliphatic rings. The van der Waals surface area contributed by atoms with Gasteiger partial charge in [-0.1, -0.05) is 11.6 Å². The Balaban J connectivity index is 1.73. The van der Waals surface area contributed by atoms with E-state index in [1.54, 1.807) is 49.3 Å². The van der Waals surface area contributed by atoms with E-state index in [1.807, 2.05) is 18.2 Å². The summed E-state index contributed by atoms with van der Waals surface area (Å²) in [6.45, 7) is 1.80. The quantitative estimate of drug-likeness (QED) is 0.566. The second-order valence-corrected chi connectivity index (χ2v) is 6.57. The summed E-state index contributed by atoms with van der Waals surface area (Å²) in [6.07, 6.45) is 2.97. The number of pyridine rings is 1. The Morgan fingerprint density at radius 1 is 1.18 bits per heavy atom. The fourth-order valence-electron chi connectivity index (χ4n) is 2.94. The number of carbonyl (C=O) groups excluding carboxylic acids is 1. The first-order valence-corrected chi connectivity index (χ1v) is 8.84. The first kappa shape index (κ1) is 17.9. The fourth-order valence-corrected chi connectivity index (χ4v) is 3.11. The standard InChI is InChI=1S/C20H16ClN5O2/c1-12-16(8-13-7-15(28-2)4-5-17(13)24-12)20(27)25-18-9-14(21)3-6-19(18)26-11-22-10-23-26/h3-11H,1-2H3,(H,25,27). The molecule has 0 spiro atoms. The average Bonchev–Trinajstić information content (AvgIpc) is 3.21. The van der Waals surface area contributed by atoms with Gasteiger partial charge in [0, 0.05) is 10.4 Å². The number of carbonyl (C=O) groups is 1. The van der Waals surface area contributed by atoms with Crippen molar-refractivity contribution in [3.8, 4) is 11.4 Å². The maximum Gasteiger partial charge on any atom is 0.257 e. The molecule has 0 unspecified atom stereocenters. The number of methoxy groups -OCH3 is 1. The number of fused-ring (bicyclic) bond motifs is 1. The second-order valence-electron chi connectivity index (χ2n) is 6.14. The van der Waals surface area contributed by atoms with Crippen LogP contribution in [0.15, 0.2) is 55.1 Å². The zero-order valence-corrected chi connectivity index (χ0v) is 15.9. The minimum Gasteiger partial charge on any atom is -0.497 e. The maximum atomic E-state index is 13.0. The third-order valence-corrected chi connectivity index (χ3v) is 4.56. The zero-order valence-electron chi connectivity index (χ0n) is 15.2. The van der Waals surface area contributed by atoms with Crippen LogP contribution in [0.3, 0.4) is 0 Å². The number of rotatable bonds is 4. The van der Waals surface area contributed by atoms with Gasteiger partial charge in [0.15, 0.2) is 0 Å². The molecule has 0 aliphatic heterocycles. The number of nitrogens with zero attached hydrogens (tertiary/aromatic N) is 4. The molecular weight excluding hydrogens is 378 g/mol. The van der Waals surface area contributed by atoms with Crippen molar-refractivity contribution in [2.24, 2.45) is 0 Å². The number of halogens is 1. The lowest BCUT2D eigenvalue weighted by molar-refractivity contribution is 0.102. The van der Waals surface area contributed by atoms with Crippen molar-refractivity contribution < 1.29 is 9.53 Å². The van der Waals surface area contributed by atoms with E-state index in [0.29, 0.717) is 33.4 Å². The highest BCUT2D eigenvalue weighted by Gasteiger charge is 2.15. The van der Waals surface area contributed by atoms with Gasteiger partial charge in [0.2, 0.25) is 0 Å². The van der Waals surface area contributed by atoms with Crippen LogP contribution in [-0.4, -0.2) is 32.8 Å². The van der Waals surface area contributed by atoms with E-state index < -0.39 is 0 Å². The third-order valence-electron chi connectivity index (χ3n) is 4.33. The van der Waals surface area contributed by atoms with Gasteiger partial charge in [-0.15, -0.1) is 0 Å². The van der Waals surface area contributed by atoms with Crippen LogP contribution in [0.2, 0.25) is 5.02 Å². The van der Waals surface area contributed by atoms with Crippen LogP contribution in [0.5, 0.6) is 5.75 Å². The number of ether oxygens (including phenoxy) is 1. The van der Waals surface area contributed by atoms with Crippen molar-refractivity contribution in [3.63, 3.8) is 0 Å². The van der Waals surface area contributed by atoms with E-state index in [1.165, 1.54) is 6.33 Å². The highest BCUT2D eigenvalue weighted by molar-refractivity contribution is 6.31. The number of anilines is 1. The number of aromatic nitrogens is 4. The first-order chi connectivity index (χ1) is 13.5. The molecule has 8 heteroatoms. The van der Waals surface area contributed by atoms with Gasteiger partial charge in [-0.3, -0.25) is 9.78 Å². The van der Waals surface area contributed by atoms with Gasteiger partial charge in [0.1, 0.15) is 18.4 Å². The van der Waals surface area contributed by atoms with E-state index in [-0.39, 0.29) is 5.91 Å². The molecule has 0 saturated carbocycles. The van der Waals surface area contributed by atoms with Crippen LogP contribution in [0.4, 0.5) is 5.69 Å². The maximum absolute atomic E-state index is 13.0. The topological polar surface area (TPSA) is 81.9 Å². The summed E-state index contributed by atoms with van der Waals surface area (Å²) in [5, 5.41) is 8.34. The summed E-state index contributed by atoms with van der Waals surface area (Å²) in [4.78, 5) is 21.5. The lowest BCUT2D eigenvalue weighted by Gasteiger charge is -2.13. The molecule has 2 aromatic heterocycles. The SMILES string of the molecule is COc1ccc2nc(C)c(C(=O)Nc3cc(Cl)ccc3-n3cncn3)cc2c1. The van der Waals surface area contributed by atoms with Gasteiger partial charge in [-0.05, 0) is 49.4 Å². The van der Waals surface area contributed by atoms with Crippen molar-refractivity contribution in [3.05, 3.63) is 71.4 Å². The van der Waals surface area contributed by atoms with Gasteiger partial charge in [-0.25, -0.2) is 9.67 Å². The van der Waals surface area contributed by atoms with Gasteiger partial charge in [0.25, 0.3) is 5.91 Å². The molecule has 2 heterocycles. The average molecular weight is 394 g/mol. The Morgan fingerprint density at radius 2 is 2.04 bits per heavy atom. The molecule has 7 nitrogen and oxygen atoms in total. The van der Waals surface area contributed by atoms with Crippen molar-refractivity contribution in [1.29, 1.82) is 0 Å². The summed E-state index contributed by atoms with van der Waals surface area (Å²) in [5.41, 5.74) is 3.06. The van der Waals surface area contributed by atoms with Gasteiger partial charge in [-0.2, -0.15) is 5.10 Å². The lowest BCUT2D eigenvalue weighted by atomic mass is 10.1. The normalized spacial score (nSPS) is 10.8. The second kappa shape index (κ2) is 7.28. The smallest absolute Gasteiger partial charge is 0.257 e. The molecule has 1 N–H and O–H groups in total. The molecule has 0 saturated heterocycles. The molecule has 2 aromatic carbocycles.